The van der Waals surface area contributed by atoms with Crippen LogP contribution in [-0.2, 0) is 9.59 Å². The molecule has 0 aromatic heterocycles. The Bertz CT molecular complexity index is 830. The maximum atomic E-state index is 12.4. The lowest BCUT2D eigenvalue weighted by atomic mass is 10.1. The number of amides is 2. The van der Waals surface area contributed by atoms with Crippen LogP contribution in [-0.4, -0.2) is 30.7 Å². The van der Waals surface area contributed by atoms with Crippen molar-refractivity contribution in [2.24, 2.45) is 0 Å². The van der Waals surface area contributed by atoms with Gasteiger partial charge in [0.15, 0.2) is 0 Å². The Morgan fingerprint density at radius 2 is 1.93 bits per heavy atom. The van der Waals surface area contributed by atoms with E-state index in [0.29, 0.717) is 5.75 Å². The molecule has 1 N–H and O–H groups in total. The second kappa shape index (κ2) is 8.39. The number of thioether (sulfide) groups is 1. The number of ether oxygens (including phenoxy) is 1. The minimum Gasteiger partial charge on any atom is -0.435 e. The topological polar surface area (TPSA) is 58.6 Å². The van der Waals surface area contributed by atoms with Crippen LogP contribution in [0.2, 0.25) is 0 Å². The number of anilines is 1. The third-order valence-electron chi connectivity index (χ3n) is 4.09. The number of hydrogen-bond donors (Lipinski definition) is 1. The predicted octanol–water partition coefficient (Wildman–Crippen LogP) is 3.60. The van der Waals surface area contributed by atoms with E-state index in [-0.39, 0.29) is 30.2 Å². The van der Waals surface area contributed by atoms with Crippen LogP contribution in [0.1, 0.15) is 18.5 Å². The van der Waals surface area contributed by atoms with Gasteiger partial charge >= 0.3 is 6.61 Å². The van der Waals surface area contributed by atoms with Crippen molar-refractivity contribution in [2.45, 2.75) is 24.5 Å². The summed E-state index contributed by atoms with van der Waals surface area (Å²) in [5.41, 5.74) is 1.47. The van der Waals surface area contributed by atoms with E-state index in [0.717, 1.165) is 16.1 Å². The van der Waals surface area contributed by atoms with Gasteiger partial charge in [-0.05, 0) is 36.8 Å². The second-order valence-electron chi connectivity index (χ2n) is 5.97. The maximum Gasteiger partial charge on any atom is 0.387 e. The molecule has 27 heavy (non-hydrogen) atoms. The summed E-state index contributed by atoms with van der Waals surface area (Å²) < 4.78 is 28.7. The fourth-order valence-corrected chi connectivity index (χ4v) is 3.72. The van der Waals surface area contributed by atoms with Gasteiger partial charge in [0, 0.05) is 4.90 Å². The summed E-state index contributed by atoms with van der Waals surface area (Å²) in [7, 11) is 0. The molecular weight excluding hydrogens is 374 g/mol. The number of fused-ring (bicyclic) bond motifs is 1. The quantitative estimate of drug-likeness (QED) is 0.816. The van der Waals surface area contributed by atoms with Crippen molar-refractivity contribution in [2.75, 3.05) is 17.2 Å². The fraction of sp³-hybridized carbons (Fsp3) is 0.263. The molecule has 0 aliphatic carbocycles. The molecule has 0 fully saturated rings. The van der Waals surface area contributed by atoms with Crippen molar-refractivity contribution in [1.29, 1.82) is 0 Å². The average molecular weight is 392 g/mol. The molecular formula is C19H18F2N2O3S. The third-order valence-corrected chi connectivity index (χ3v) is 5.14. The first-order valence-corrected chi connectivity index (χ1v) is 9.29. The van der Waals surface area contributed by atoms with Crippen molar-refractivity contribution >= 4 is 29.3 Å². The molecule has 0 radical (unpaired) electrons. The minimum absolute atomic E-state index is 0.0558. The lowest BCUT2D eigenvalue weighted by Crippen LogP contribution is -2.43. The van der Waals surface area contributed by atoms with Crippen molar-refractivity contribution in [1.82, 2.24) is 5.32 Å². The first kappa shape index (κ1) is 19.2. The lowest BCUT2D eigenvalue weighted by molar-refractivity contribution is -0.123. The summed E-state index contributed by atoms with van der Waals surface area (Å²) in [6.45, 7) is -1.17. The summed E-state index contributed by atoms with van der Waals surface area (Å²) in [5, 5.41) is 2.83. The molecule has 142 valence electrons. The number of nitrogens with zero attached hydrogens (tertiary/aromatic N) is 1. The minimum atomic E-state index is -2.88. The lowest BCUT2D eigenvalue weighted by Gasteiger charge is -2.28. The molecule has 0 saturated carbocycles. The van der Waals surface area contributed by atoms with E-state index >= 15 is 0 Å². The zero-order chi connectivity index (χ0) is 19.4. The molecule has 2 aromatic carbocycles. The zero-order valence-electron chi connectivity index (χ0n) is 14.5. The van der Waals surface area contributed by atoms with Crippen LogP contribution in [0.25, 0.3) is 0 Å². The Labute approximate surface area is 159 Å². The first-order valence-electron chi connectivity index (χ1n) is 8.30. The maximum absolute atomic E-state index is 12.4. The van der Waals surface area contributed by atoms with Gasteiger partial charge in [-0.1, -0.05) is 24.3 Å². The van der Waals surface area contributed by atoms with E-state index in [1.807, 2.05) is 24.3 Å². The largest absolute Gasteiger partial charge is 0.435 e. The molecule has 1 aliphatic rings. The molecule has 8 heteroatoms. The number of rotatable bonds is 6. The number of halogens is 2. The molecule has 1 unspecified atom stereocenters. The molecule has 5 nitrogen and oxygen atoms in total. The van der Waals surface area contributed by atoms with Crippen molar-refractivity contribution in [3.63, 3.8) is 0 Å². The van der Waals surface area contributed by atoms with E-state index in [2.05, 4.69) is 10.1 Å². The van der Waals surface area contributed by atoms with Gasteiger partial charge in [-0.2, -0.15) is 8.78 Å². The van der Waals surface area contributed by atoms with Gasteiger partial charge in [-0.3, -0.25) is 9.59 Å². The summed E-state index contributed by atoms with van der Waals surface area (Å²) in [6, 6.07) is 13.2. The van der Waals surface area contributed by atoms with E-state index in [1.165, 1.54) is 28.8 Å². The van der Waals surface area contributed by atoms with Gasteiger partial charge in [0.05, 0.1) is 17.5 Å². The molecule has 2 amide bonds. The summed E-state index contributed by atoms with van der Waals surface area (Å²) >= 11 is 1.46. The Kier molecular flexibility index (Phi) is 5.95. The van der Waals surface area contributed by atoms with Crippen LogP contribution < -0.4 is 15.0 Å². The van der Waals surface area contributed by atoms with Crippen molar-refractivity contribution in [3.8, 4) is 5.75 Å². The predicted molar refractivity (Wildman–Crippen MR) is 99.2 cm³/mol. The van der Waals surface area contributed by atoms with Crippen LogP contribution in [0.3, 0.4) is 0 Å². The van der Waals surface area contributed by atoms with Gasteiger partial charge in [0.25, 0.3) is 0 Å². The Balaban J connectivity index is 1.63. The Morgan fingerprint density at radius 1 is 1.22 bits per heavy atom. The number of para-hydroxylation sites is 1. The molecule has 3 rings (SSSR count). The second-order valence-corrected chi connectivity index (χ2v) is 6.99. The van der Waals surface area contributed by atoms with Gasteiger partial charge in [-0.25, -0.2) is 0 Å². The summed E-state index contributed by atoms with van der Waals surface area (Å²) in [5.74, 6) is -0.0633. The number of alkyl halides is 2. The first-order chi connectivity index (χ1) is 12.9. The number of nitrogens with one attached hydrogen (secondary N) is 1. The van der Waals surface area contributed by atoms with E-state index in [4.69, 9.17) is 0 Å². The molecule has 1 heterocycles. The highest BCUT2D eigenvalue weighted by atomic mass is 32.2. The number of carbonyl (C=O) groups is 2. The molecule has 0 bridgehead atoms. The van der Waals surface area contributed by atoms with E-state index in [9.17, 15) is 18.4 Å². The van der Waals surface area contributed by atoms with Crippen molar-refractivity contribution in [3.05, 3.63) is 54.1 Å². The Morgan fingerprint density at radius 3 is 2.63 bits per heavy atom. The fourth-order valence-electron chi connectivity index (χ4n) is 2.78. The summed E-state index contributed by atoms with van der Waals surface area (Å²) in [6.07, 6.45) is 0. The number of carbonyl (C=O) groups excluding carboxylic acids is 2. The van der Waals surface area contributed by atoms with Crippen LogP contribution in [0, 0.1) is 0 Å². The highest BCUT2D eigenvalue weighted by Crippen LogP contribution is 2.34. The van der Waals surface area contributed by atoms with E-state index in [1.54, 1.807) is 19.1 Å². The molecule has 1 atom stereocenters. The van der Waals surface area contributed by atoms with Gasteiger partial charge in [-0.15, -0.1) is 11.8 Å². The average Bonchev–Trinajstić information content (AvgIpc) is 2.64. The van der Waals surface area contributed by atoms with Crippen LogP contribution in [0.5, 0.6) is 5.75 Å². The van der Waals surface area contributed by atoms with Gasteiger partial charge in [0.2, 0.25) is 11.8 Å². The van der Waals surface area contributed by atoms with E-state index < -0.39 is 6.61 Å². The smallest absolute Gasteiger partial charge is 0.387 e. The highest BCUT2D eigenvalue weighted by Gasteiger charge is 2.26. The van der Waals surface area contributed by atoms with Gasteiger partial charge < -0.3 is 15.0 Å². The Hall–Kier alpha value is -2.61. The SMILES string of the molecule is CC(NC(=O)CN1C(=O)CSc2ccccc21)c1ccc(OC(F)F)cc1. The number of benzene rings is 2. The molecule has 0 spiro atoms. The summed E-state index contributed by atoms with van der Waals surface area (Å²) in [4.78, 5) is 27.1. The third kappa shape index (κ3) is 4.77. The highest BCUT2D eigenvalue weighted by molar-refractivity contribution is 8.00. The molecule has 0 saturated heterocycles. The van der Waals surface area contributed by atoms with Crippen LogP contribution in [0.15, 0.2) is 53.4 Å². The van der Waals surface area contributed by atoms with Crippen molar-refractivity contribution < 1.29 is 23.1 Å². The molecule has 2 aromatic rings. The standard InChI is InChI=1S/C19H18F2N2O3S/c1-12(13-6-8-14(9-7-13)26-19(20)21)22-17(24)10-23-15-4-2-3-5-16(15)27-11-18(23)25/h2-9,12,19H,10-11H2,1H3,(H,22,24). The number of hydrogen-bond acceptors (Lipinski definition) is 4. The van der Waals surface area contributed by atoms with Gasteiger partial charge in [0.1, 0.15) is 12.3 Å². The van der Waals surface area contributed by atoms with Crippen LogP contribution >= 0.6 is 11.8 Å². The zero-order valence-corrected chi connectivity index (χ0v) is 15.3. The normalized spacial score (nSPS) is 14.7. The molecule has 1 aliphatic heterocycles. The van der Waals surface area contributed by atoms with Crippen LogP contribution in [0.4, 0.5) is 14.5 Å². The monoisotopic (exact) mass is 392 g/mol.